The Kier molecular flexibility index (Phi) is 4.47. The Morgan fingerprint density at radius 2 is 2.14 bits per heavy atom. The molecule has 1 aromatic carbocycles. The van der Waals surface area contributed by atoms with E-state index in [0.717, 1.165) is 17.1 Å². The zero-order valence-electron chi connectivity index (χ0n) is 11.7. The molecule has 0 amide bonds. The maximum atomic E-state index is 6.18. The normalized spacial score (nSPS) is 12.5. The number of aromatic nitrogens is 4. The Hall–Kier alpha value is -1.82. The van der Waals surface area contributed by atoms with Crippen molar-refractivity contribution >= 4 is 23.2 Å². The molecular weight excluding hydrogens is 321 g/mol. The third kappa shape index (κ3) is 2.88. The first kappa shape index (κ1) is 15.1. The Morgan fingerprint density at radius 3 is 2.82 bits per heavy atom. The number of hydrogen-bond acceptors (Lipinski definition) is 3. The number of H-pyrrole nitrogens is 1. The summed E-state index contributed by atoms with van der Waals surface area (Å²) in [4.78, 5) is 11.7. The largest absolute Gasteiger partial charge is 0.346 e. The molecule has 0 aliphatic heterocycles. The van der Waals surface area contributed by atoms with Crippen molar-refractivity contribution < 1.29 is 0 Å². The number of nitrogens with one attached hydrogen (secondary N) is 1. The lowest BCUT2D eigenvalue weighted by Gasteiger charge is -2.20. The van der Waals surface area contributed by atoms with Crippen molar-refractivity contribution in [3.05, 3.63) is 70.2 Å². The predicted molar refractivity (Wildman–Crippen MR) is 87.3 cm³/mol. The molecule has 0 bridgehead atoms. The van der Waals surface area contributed by atoms with Gasteiger partial charge in [-0.25, -0.2) is 9.97 Å². The highest BCUT2D eigenvalue weighted by atomic mass is 35.5. The molecule has 114 valence electrons. The van der Waals surface area contributed by atoms with Crippen LogP contribution in [-0.2, 0) is 6.42 Å². The summed E-state index contributed by atoms with van der Waals surface area (Å²) in [5, 5.41) is 1.05. The van der Waals surface area contributed by atoms with Gasteiger partial charge >= 0.3 is 0 Å². The number of nitrogens with zero attached hydrogens (tertiary/aromatic N) is 3. The first-order valence-corrected chi connectivity index (χ1v) is 7.61. The SMILES string of the molecule is NCCc1nccn1C(c1ccc(Cl)c(Cl)c1)c1cnc[nH]1. The molecular formula is C15H15Cl2N5. The number of aromatic amines is 1. The molecule has 22 heavy (non-hydrogen) atoms. The van der Waals surface area contributed by atoms with Gasteiger partial charge in [0.15, 0.2) is 0 Å². The Bertz CT molecular complexity index is 751. The molecule has 2 heterocycles. The van der Waals surface area contributed by atoms with E-state index in [1.165, 1.54) is 0 Å². The minimum absolute atomic E-state index is 0.110. The maximum Gasteiger partial charge on any atom is 0.110 e. The summed E-state index contributed by atoms with van der Waals surface area (Å²) >= 11 is 12.2. The Balaban J connectivity index is 2.12. The molecule has 1 unspecified atom stereocenters. The minimum Gasteiger partial charge on any atom is -0.346 e. The lowest BCUT2D eigenvalue weighted by molar-refractivity contribution is 0.619. The highest BCUT2D eigenvalue weighted by molar-refractivity contribution is 6.42. The van der Waals surface area contributed by atoms with E-state index in [1.54, 1.807) is 24.8 Å². The van der Waals surface area contributed by atoms with E-state index in [9.17, 15) is 0 Å². The molecule has 3 N–H and O–H groups in total. The average molecular weight is 336 g/mol. The molecule has 0 spiro atoms. The monoisotopic (exact) mass is 335 g/mol. The first-order chi connectivity index (χ1) is 10.7. The van der Waals surface area contributed by atoms with Gasteiger partial charge in [-0.3, -0.25) is 0 Å². The van der Waals surface area contributed by atoms with Crippen LogP contribution < -0.4 is 5.73 Å². The minimum atomic E-state index is -0.110. The zero-order valence-corrected chi connectivity index (χ0v) is 13.2. The lowest BCUT2D eigenvalue weighted by Crippen LogP contribution is -2.17. The third-order valence-electron chi connectivity index (χ3n) is 3.47. The molecule has 5 nitrogen and oxygen atoms in total. The third-order valence-corrected chi connectivity index (χ3v) is 4.21. The van der Waals surface area contributed by atoms with Crippen LogP contribution in [0.2, 0.25) is 10.0 Å². The van der Waals surface area contributed by atoms with Gasteiger partial charge in [-0.05, 0) is 24.2 Å². The maximum absolute atomic E-state index is 6.18. The molecule has 0 aliphatic carbocycles. The highest BCUT2D eigenvalue weighted by Gasteiger charge is 2.21. The molecule has 2 aromatic heterocycles. The second-order valence-electron chi connectivity index (χ2n) is 4.87. The molecule has 0 aliphatic rings. The van der Waals surface area contributed by atoms with Crippen molar-refractivity contribution in [2.24, 2.45) is 5.73 Å². The second kappa shape index (κ2) is 6.52. The van der Waals surface area contributed by atoms with Gasteiger partial charge in [-0.2, -0.15) is 0 Å². The summed E-state index contributed by atoms with van der Waals surface area (Å²) in [6.07, 6.45) is 7.84. The zero-order chi connectivity index (χ0) is 15.5. The number of imidazole rings is 2. The van der Waals surface area contributed by atoms with E-state index < -0.39 is 0 Å². The number of halogens is 2. The van der Waals surface area contributed by atoms with Crippen LogP contribution >= 0.6 is 23.2 Å². The molecule has 1 atom stereocenters. The van der Waals surface area contributed by atoms with Crippen LogP contribution in [0.1, 0.15) is 23.1 Å². The smallest absolute Gasteiger partial charge is 0.110 e. The van der Waals surface area contributed by atoms with Crippen LogP contribution in [0, 0.1) is 0 Å². The van der Waals surface area contributed by atoms with Crippen LogP contribution in [-0.4, -0.2) is 26.1 Å². The Labute approximate surface area is 138 Å². The van der Waals surface area contributed by atoms with E-state index >= 15 is 0 Å². The van der Waals surface area contributed by atoms with Gasteiger partial charge in [0, 0.05) is 18.8 Å². The summed E-state index contributed by atoms with van der Waals surface area (Å²) in [5.41, 5.74) is 7.61. The van der Waals surface area contributed by atoms with Crippen molar-refractivity contribution in [2.75, 3.05) is 6.54 Å². The van der Waals surface area contributed by atoms with Crippen molar-refractivity contribution in [1.82, 2.24) is 19.5 Å². The summed E-state index contributed by atoms with van der Waals surface area (Å²) in [5.74, 6) is 0.910. The fourth-order valence-electron chi connectivity index (χ4n) is 2.49. The number of nitrogens with two attached hydrogens (primary N) is 1. The number of benzene rings is 1. The predicted octanol–water partition coefficient (Wildman–Crippen LogP) is 3.05. The van der Waals surface area contributed by atoms with Gasteiger partial charge in [0.2, 0.25) is 0 Å². The highest BCUT2D eigenvalue weighted by Crippen LogP contribution is 2.31. The van der Waals surface area contributed by atoms with Crippen molar-refractivity contribution in [3.8, 4) is 0 Å². The summed E-state index contributed by atoms with van der Waals surface area (Å²) < 4.78 is 2.07. The van der Waals surface area contributed by atoms with Crippen molar-refractivity contribution in [1.29, 1.82) is 0 Å². The van der Waals surface area contributed by atoms with E-state index in [4.69, 9.17) is 28.9 Å². The molecule has 3 rings (SSSR count). The summed E-state index contributed by atoms with van der Waals surface area (Å²) in [7, 11) is 0. The molecule has 0 saturated carbocycles. The van der Waals surface area contributed by atoms with Crippen LogP contribution in [0.4, 0.5) is 0 Å². The van der Waals surface area contributed by atoms with Crippen LogP contribution in [0.25, 0.3) is 0 Å². The topological polar surface area (TPSA) is 72.5 Å². The summed E-state index contributed by atoms with van der Waals surface area (Å²) in [6.45, 7) is 0.536. The van der Waals surface area contributed by atoms with E-state index in [1.807, 2.05) is 18.3 Å². The van der Waals surface area contributed by atoms with Gasteiger partial charge in [0.1, 0.15) is 11.9 Å². The van der Waals surface area contributed by atoms with Crippen molar-refractivity contribution in [3.63, 3.8) is 0 Å². The first-order valence-electron chi connectivity index (χ1n) is 6.85. The summed E-state index contributed by atoms with van der Waals surface area (Å²) in [6, 6.07) is 5.50. The fourth-order valence-corrected chi connectivity index (χ4v) is 2.80. The van der Waals surface area contributed by atoms with Crippen LogP contribution in [0.15, 0.2) is 43.1 Å². The molecule has 0 saturated heterocycles. The average Bonchev–Trinajstić information content (AvgIpc) is 3.17. The molecule has 0 radical (unpaired) electrons. The lowest BCUT2D eigenvalue weighted by atomic mass is 10.0. The quantitative estimate of drug-likeness (QED) is 0.752. The van der Waals surface area contributed by atoms with Gasteiger partial charge in [-0.15, -0.1) is 0 Å². The van der Waals surface area contributed by atoms with Crippen LogP contribution in [0.5, 0.6) is 0 Å². The fraction of sp³-hybridized carbons (Fsp3) is 0.200. The van der Waals surface area contributed by atoms with Crippen molar-refractivity contribution in [2.45, 2.75) is 12.5 Å². The van der Waals surface area contributed by atoms with E-state index in [-0.39, 0.29) is 6.04 Å². The number of hydrogen-bond donors (Lipinski definition) is 2. The van der Waals surface area contributed by atoms with E-state index in [0.29, 0.717) is 23.0 Å². The molecule has 0 fully saturated rings. The van der Waals surface area contributed by atoms with E-state index in [2.05, 4.69) is 19.5 Å². The number of rotatable bonds is 5. The molecule has 3 aromatic rings. The van der Waals surface area contributed by atoms with Gasteiger partial charge < -0.3 is 15.3 Å². The second-order valence-corrected chi connectivity index (χ2v) is 5.69. The van der Waals surface area contributed by atoms with Gasteiger partial charge in [0.25, 0.3) is 0 Å². The standard InChI is InChI=1S/C15H15Cl2N5/c16-11-2-1-10(7-12(11)17)15(13-8-19-9-21-13)22-6-5-20-14(22)3-4-18/h1-2,5-9,15H,3-4,18H2,(H,19,21). The Morgan fingerprint density at radius 1 is 1.27 bits per heavy atom. The van der Waals surface area contributed by atoms with Gasteiger partial charge in [0.05, 0.1) is 28.3 Å². The van der Waals surface area contributed by atoms with Crippen LogP contribution in [0.3, 0.4) is 0 Å². The molecule has 7 heteroatoms. The van der Waals surface area contributed by atoms with Gasteiger partial charge in [-0.1, -0.05) is 29.3 Å².